The van der Waals surface area contributed by atoms with Gasteiger partial charge in [0.1, 0.15) is 0 Å². The lowest BCUT2D eigenvalue weighted by molar-refractivity contribution is 0.244. The first-order valence-electron chi connectivity index (χ1n) is 11.4. The molecule has 2 fully saturated rings. The van der Waals surface area contributed by atoms with Gasteiger partial charge in [-0.1, -0.05) is 6.07 Å². The fraction of sp³-hybridized carbons (Fsp3) is 0.560. The molecule has 1 aliphatic heterocycles. The van der Waals surface area contributed by atoms with Gasteiger partial charge in [0.2, 0.25) is 0 Å². The Morgan fingerprint density at radius 1 is 0.966 bits per heavy atom. The Morgan fingerprint density at radius 2 is 1.69 bits per heavy atom. The maximum absolute atomic E-state index is 12.3. The van der Waals surface area contributed by atoms with E-state index in [9.17, 15) is 4.79 Å². The second-order valence-electron chi connectivity index (χ2n) is 9.67. The molecule has 2 heterocycles. The van der Waals surface area contributed by atoms with E-state index in [2.05, 4.69) is 48.0 Å². The zero-order chi connectivity index (χ0) is 20.0. The van der Waals surface area contributed by atoms with Crippen molar-refractivity contribution in [3.8, 4) is 0 Å². The molecule has 4 heteroatoms. The van der Waals surface area contributed by atoms with E-state index in [0.29, 0.717) is 12.0 Å². The minimum atomic E-state index is 0.116. The highest BCUT2D eigenvalue weighted by atomic mass is 16.1. The molecule has 2 aliphatic carbocycles. The molecule has 0 unspecified atom stereocenters. The molecule has 4 nitrogen and oxygen atoms in total. The predicted molar refractivity (Wildman–Crippen MR) is 119 cm³/mol. The highest BCUT2D eigenvalue weighted by Gasteiger charge is 2.27. The van der Waals surface area contributed by atoms with Crippen LogP contribution < -0.4 is 10.5 Å². The van der Waals surface area contributed by atoms with Crippen molar-refractivity contribution in [2.75, 3.05) is 18.0 Å². The van der Waals surface area contributed by atoms with Crippen molar-refractivity contribution in [1.82, 2.24) is 9.47 Å². The van der Waals surface area contributed by atoms with Crippen LogP contribution in [0.4, 0.5) is 11.4 Å². The highest BCUT2D eigenvalue weighted by molar-refractivity contribution is 5.64. The van der Waals surface area contributed by atoms with Crippen molar-refractivity contribution < 1.29 is 0 Å². The maximum Gasteiger partial charge on any atom is 0.250 e. The van der Waals surface area contributed by atoms with Gasteiger partial charge in [0, 0.05) is 50.2 Å². The number of anilines is 2. The van der Waals surface area contributed by atoms with E-state index in [0.717, 1.165) is 31.1 Å². The van der Waals surface area contributed by atoms with Crippen LogP contribution in [-0.4, -0.2) is 28.6 Å². The minimum absolute atomic E-state index is 0.116. The molecule has 1 aromatic carbocycles. The molecule has 0 bridgehead atoms. The lowest BCUT2D eigenvalue weighted by atomic mass is 9.98. The molecule has 2 aromatic rings. The van der Waals surface area contributed by atoms with E-state index in [1.807, 2.05) is 10.6 Å². The molecule has 5 rings (SSSR count). The number of pyridine rings is 1. The zero-order valence-corrected chi connectivity index (χ0v) is 17.8. The molecule has 2 saturated carbocycles. The van der Waals surface area contributed by atoms with E-state index in [4.69, 9.17) is 0 Å². The molecule has 0 saturated heterocycles. The van der Waals surface area contributed by atoms with Crippen LogP contribution in [0, 0.1) is 11.8 Å². The number of rotatable bonds is 7. The van der Waals surface area contributed by atoms with Gasteiger partial charge in [-0.3, -0.25) is 9.69 Å². The first-order valence-corrected chi connectivity index (χ1v) is 11.4. The Labute approximate surface area is 174 Å². The van der Waals surface area contributed by atoms with E-state index < -0.39 is 0 Å². The number of hydrogen-bond donors (Lipinski definition) is 0. The summed E-state index contributed by atoms with van der Waals surface area (Å²) in [5.74, 6) is 1.64. The normalized spacial score (nSPS) is 19.4. The van der Waals surface area contributed by atoms with Crippen LogP contribution in [0.1, 0.15) is 50.7 Å². The number of nitrogens with zero attached hydrogens (tertiary/aromatic N) is 3. The lowest BCUT2D eigenvalue weighted by Crippen LogP contribution is -2.33. The number of aromatic nitrogens is 1. The topological polar surface area (TPSA) is 28.5 Å². The third kappa shape index (κ3) is 4.28. The average molecular weight is 392 g/mol. The van der Waals surface area contributed by atoms with Crippen LogP contribution in [0.15, 0.2) is 41.3 Å². The zero-order valence-electron chi connectivity index (χ0n) is 17.8. The smallest absolute Gasteiger partial charge is 0.250 e. The summed E-state index contributed by atoms with van der Waals surface area (Å²) in [4.78, 5) is 17.3. The Balaban J connectivity index is 1.43. The van der Waals surface area contributed by atoms with E-state index >= 15 is 0 Å². The van der Waals surface area contributed by atoms with Gasteiger partial charge in [0.05, 0.1) is 5.69 Å². The van der Waals surface area contributed by atoms with E-state index in [1.54, 1.807) is 6.07 Å². The summed E-state index contributed by atoms with van der Waals surface area (Å²) in [7, 11) is 0. The Kier molecular flexibility index (Phi) is 4.99. The molecule has 0 spiro atoms. The summed E-state index contributed by atoms with van der Waals surface area (Å²) in [5, 5.41) is 0. The van der Waals surface area contributed by atoms with Gasteiger partial charge in [0.15, 0.2) is 0 Å². The highest BCUT2D eigenvalue weighted by Crippen LogP contribution is 2.34. The van der Waals surface area contributed by atoms with Crippen LogP contribution >= 0.6 is 0 Å². The van der Waals surface area contributed by atoms with Crippen LogP contribution in [0.25, 0.3) is 0 Å². The lowest BCUT2D eigenvalue weighted by Gasteiger charge is -2.33. The van der Waals surface area contributed by atoms with Crippen molar-refractivity contribution in [3.63, 3.8) is 0 Å². The molecule has 154 valence electrons. The fourth-order valence-corrected chi connectivity index (χ4v) is 4.70. The summed E-state index contributed by atoms with van der Waals surface area (Å²) in [6, 6.07) is 11.0. The first kappa shape index (κ1) is 18.9. The van der Waals surface area contributed by atoms with Gasteiger partial charge in [-0.05, 0) is 87.1 Å². The third-order valence-electron chi connectivity index (χ3n) is 6.69. The summed E-state index contributed by atoms with van der Waals surface area (Å²) in [6.45, 7) is 8.86. The molecule has 29 heavy (non-hydrogen) atoms. The molecule has 0 radical (unpaired) electrons. The Morgan fingerprint density at radius 3 is 2.41 bits per heavy atom. The van der Waals surface area contributed by atoms with Crippen molar-refractivity contribution in [1.29, 1.82) is 0 Å². The second kappa shape index (κ2) is 7.64. The predicted octanol–water partition coefficient (Wildman–Crippen LogP) is 4.57. The molecule has 0 atom stereocenters. The summed E-state index contributed by atoms with van der Waals surface area (Å²) in [6.07, 6.45) is 8.58. The Bertz CT molecular complexity index is 939. The number of benzene rings is 1. The molecular formula is C25H33N3O. The third-order valence-corrected chi connectivity index (χ3v) is 6.69. The molecule has 1 aromatic heterocycles. The van der Waals surface area contributed by atoms with Gasteiger partial charge in [0.25, 0.3) is 5.56 Å². The number of fused-ring (bicyclic) bond motifs is 1. The molecule has 3 aliphatic rings. The van der Waals surface area contributed by atoms with Crippen molar-refractivity contribution in [3.05, 3.63) is 58.0 Å². The summed E-state index contributed by atoms with van der Waals surface area (Å²) in [5.41, 5.74) is 5.45. The standard InChI is InChI=1S/C25H33N3O/c1-18(2)28(24-9-10-25(29)27(17-24)15-20-5-6-20)23-8-7-21-11-12-26(14-19-3-4-19)16-22(21)13-23/h7-10,13,17-20H,3-6,11-12,14-16H2,1-2H3. The summed E-state index contributed by atoms with van der Waals surface area (Å²) >= 11 is 0. The molecule has 0 N–H and O–H groups in total. The van der Waals surface area contributed by atoms with E-state index in [1.165, 1.54) is 55.6 Å². The summed E-state index contributed by atoms with van der Waals surface area (Å²) < 4.78 is 1.91. The quantitative estimate of drug-likeness (QED) is 0.692. The van der Waals surface area contributed by atoms with Crippen LogP contribution in [0.5, 0.6) is 0 Å². The minimum Gasteiger partial charge on any atom is -0.338 e. The van der Waals surface area contributed by atoms with Gasteiger partial charge in [-0.2, -0.15) is 0 Å². The van der Waals surface area contributed by atoms with E-state index in [-0.39, 0.29) is 5.56 Å². The van der Waals surface area contributed by atoms with Gasteiger partial charge < -0.3 is 9.47 Å². The molecular weight excluding hydrogens is 358 g/mol. The first-order chi connectivity index (χ1) is 14.1. The SMILES string of the molecule is CC(C)N(c1ccc2c(c1)CN(CC1CC1)CC2)c1ccc(=O)n(CC2CC2)c1. The second-order valence-corrected chi connectivity index (χ2v) is 9.67. The average Bonchev–Trinajstić information content (AvgIpc) is 3.61. The maximum atomic E-state index is 12.3. The van der Waals surface area contributed by atoms with Crippen LogP contribution in [0.3, 0.4) is 0 Å². The molecule has 0 amide bonds. The van der Waals surface area contributed by atoms with Crippen LogP contribution in [-0.2, 0) is 19.5 Å². The Hall–Kier alpha value is -2.07. The van der Waals surface area contributed by atoms with Crippen LogP contribution in [0.2, 0.25) is 0 Å². The monoisotopic (exact) mass is 391 g/mol. The van der Waals surface area contributed by atoms with Crippen molar-refractivity contribution in [2.24, 2.45) is 11.8 Å². The van der Waals surface area contributed by atoms with Gasteiger partial charge >= 0.3 is 0 Å². The number of hydrogen-bond acceptors (Lipinski definition) is 3. The van der Waals surface area contributed by atoms with Crippen molar-refractivity contribution in [2.45, 2.75) is 65.1 Å². The van der Waals surface area contributed by atoms with Gasteiger partial charge in [-0.15, -0.1) is 0 Å². The van der Waals surface area contributed by atoms with Crippen molar-refractivity contribution >= 4 is 11.4 Å². The fourth-order valence-electron chi connectivity index (χ4n) is 4.70. The largest absolute Gasteiger partial charge is 0.338 e. The van der Waals surface area contributed by atoms with Gasteiger partial charge in [-0.25, -0.2) is 0 Å².